The molecule has 0 saturated carbocycles. The molecule has 1 saturated heterocycles. The molecule has 1 aromatic heterocycles. The summed E-state index contributed by atoms with van der Waals surface area (Å²) in [6.45, 7) is 1.39. The molecule has 7 nitrogen and oxygen atoms in total. The Labute approximate surface area is 180 Å². The molecule has 2 amide bonds. The van der Waals surface area contributed by atoms with Gasteiger partial charge < -0.3 is 24.1 Å². The molecule has 4 rings (SSSR count). The summed E-state index contributed by atoms with van der Waals surface area (Å²) in [4.78, 5) is 28.2. The van der Waals surface area contributed by atoms with Gasteiger partial charge in [0.2, 0.25) is 5.76 Å². The van der Waals surface area contributed by atoms with Crippen LogP contribution in [0.5, 0.6) is 11.5 Å². The summed E-state index contributed by atoms with van der Waals surface area (Å²) in [6.07, 6.45) is 4.18. The topological polar surface area (TPSA) is 81.0 Å². The molecule has 0 aliphatic carbocycles. The number of nitrogens with one attached hydrogen (secondary N) is 1. The van der Waals surface area contributed by atoms with E-state index in [1.54, 1.807) is 24.3 Å². The number of likely N-dealkylation sites (tertiary alicyclic amines) is 1. The van der Waals surface area contributed by atoms with Gasteiger partial charge in [0.1, 0.15) is 11.3 Å². The van der Waals surface area contributed by atoms with E-state index < -0.39 is 0 Å². The van der Waals surface area contributed by atoms with Gasteiger partial charge in [-0.3, -0.25) is 9.59 Å². The molecule has 2 heterocycles. The van der Waals surface area contributed by atoms with Crippen molar-refractivity contribution in [1.29, 1.82) is 0 Å². The number of furan rings is 1. The second-order valence-electron chi connectivity index (χ2n) is 7.53. The Kier molecular flexibility index (Phi) is 6.11. The second-order valence-corrected chi connectivity index (χ2v) is 7.53. The fraction of sp³-hybridized carbons (Fsp3) is 0.333. The average Bonchev–Trinajstić information content (AvgIpc) is 2.97. The van der Waals surface area contributed by atoms with Gasteiger partial charge in [-0.15, -0.1) is 0 Å². The first-order valence-electron chi connectivity index (χ1n) is 10.5. The Morgan fingerprint density at radius 2 is 1.65 bits per heavy atom. The Balaban J connectivity index is 1.69. The van der Waals surface area contributed by atoms with Gasteiger partial charge in [-0.1, -0.05) is 25.0 Å². The summed E-state index contributed by atoms with van der Waals surface area (Å²) in [6, 6.07) is 12.2. The number of hydrogen-bond acceptors (Lipinski definition) is 5. The summed E-state index contributed by atoms with van der Waals surface area (Å²) in [5, 5.41) is 3.59. The van der Waals surface area contributed by atoms with Crippen LogP contribution in [0.25, 0.3) is 11.0 Å². The first-order valence-corrected chi connectivity index (χ1v) is 10.5. The summed E-state index contributed by atoms with van der Waals surface area (Å²) in [7, 11) is 3.05. The Morgan fingerprint density at radius 3 is 2.35 bits per heavy atom. The highest BCUT2D eigenvalue weighted by molar-refractivity contribution is 6.14. The third-order valence-electron chi connectivity index (χ3n) is 5.57. The number of benzene rings is 2. The number of para-hydroxylation sites is 1. The van der Waals surface area contributed by atoms with E-state index >= 15 is 0 Å². The maximum atomic E-state index is 13.3. The van der Waals surface area contributed by atoms with Gasteiger partial charge in [0, 0.05) is 24.0 Å². The number of anilines is 1. The van der Waals surface area contributed by atoms with E-state index in [0.717, 1.165) is 25.7 Å². The first kappa shape index (κ1) is 20.8. The molecule has 0 bridgehead atoms. The van der Waals surface area contributed by atoms with Crippen LogP contribution in [0.4, 0.5) is 5.69 Å². The van der Waals surface area contributed by atoms with E-state index in [-0.39, 0.29) is 17.6 Å². The molecular weight excluding hydrogens is 396 g/mol. The van der Waals surface area contributed by atoms with Crippen molar-refractivity contribution in [1.82, 2.24) is 4.90 Å². The standard InChI is InChI=1S/C24H26N2O5/c1-29-19-12-11-16(15-20(19)30-2)23(27)25-21-17-9-5-6-10-18(17)31-22(21)24(28)26-13-7-3-4-8-14-26/h5-6,9-12,15H,3-4,7-8,13-14H2,1-2H3,(H,25,27). The molecule has 1 N–H and O–H groups in total. The van der Waals surface area contributed by atoms with E-state index in [1.807, 2.05) is 23.1 Å². The predicted octanol–water partition coefficient (Wildman–Crippen LogP) is 4.72. The van der Waals surface area contributed by atoms with Gasteiger partial charge in [-0.05, 0) is 43.2 Å². The molecule has 7 heteroatoms. The van der Waals surface area contributed by atoms with Crippen LogP contribution in [0, 0.1) is 0 Å². The summed E-state index contributed by atoms with van der Waals surface area (Å²) < 4.78 is 16.5. The van der Waals surface area contributed by atoms with E-state index in [1.165, 1.54) is 14.2 Å². The van der Waals surface area contributed by atoms with E-state index in [2.05, 4.69) is 5.32 Å². The lowest BCUT2D eigenvalue weighted by atomic mass is 10.1. The zero-order valence-electron chi connectivity index (χ0n) is 17.8. The molecule has 2 aromatic carbocycles. The van der Waals surface area contributed by atoms with Crippen molar-refractivity contribution in [2.75, 3.05) is 32.6 Å². The Bertz CT molecular complexity index is 1100. The van der Waals surface area contributed by atoms with Gasteiger partial charge in [0.15, 0.2) is 11.5 Å². The van der Waals surface area contributed by atoms with Crippen molar-refractivity contribution in [3.8, 4) is 11.5 Å². The van der Waals surface area contributed by atoms with Crippen LogP contribution in [0.3, 0.4) is 0 Å². The molecule has 1 aliphatic rings. The van der Waals surface area contributed by atoms with Gasteiger partial charge in [-0.25, -0.2) is 0 Å². The van der Waals surface area contributed by atoms with E-state index in [4.69, 9.17) is 13.9 Å². The summed E-state index contributed by atoms with van der Waals surface area (Å²) in [5.74, 6) is 0.591. The zero-order valence-corrected chi connectivity index (χ0v) is 17.8. The predicted molar refractivity (Wildman–Crippen MR) is 118 cm³/mol. The normalized spacial score (nSPS) is 14.2. The number of hydrogen-bond donors (Lipinski definition) is 1. The number of rotatable bonds is 5. The molecule has 3 aromatic rings. The highest BCUT2D eigenvalue weighted by Crippen LogP contribution is 2.33. The van der Waals surface area contributed by atoms with Crippen molar-refractivity contribution in [2.45, 2.75) is 25.7 Å². The van der Waals surface area contributed by atoms with Crippen molar-refractivity contribution in [2.24, 2.45) is 0 Å². The number of carbonyl (C=O) groups excluding carboxylic acids is 2. The van der Waals surface area contributed by atoms with Crippen LogP contribution in [0.1, 0.15) is 46.6 Å². The fourth-order valence-corrected chi connectivity index (χ4v) is 3.90. The maximum Gasteiger partial charge on any atom is 0.291 e. The molecule has 1 fully saturated rings. The highest BCUT2D eigenvalue weighted by atomic mass is 16.5. The summed E-state index contributed by atoms with van der Waals surface area (Å²) in [5.41, 5.74) is 1.34. The lowest BCUT2D eigenvalue weighted by Gasteiger charge is -2.19. The van der Waals surface area contributed by atoms with Crippen LogP contribution in [0.2, 0.25) is 0 Å². The minimum Gasteiger partial charge on any atom is -0.493 e. The third kappa shape index (κ3) is 4.21. The Hall–Kier alpha value is -3.48. The van der Waals surface area contributed by atoms with Gasteiger partial charge in [0.05, 0.1) is 14.2 Å². The zero-order chi connectivity index (χ0) is 21.8. The lowest BCUT2D eigenvalue weighted by molar-refractivity contribution is 0.0733. The van der Waals surface area contributed by atoms with Crippen LogP contribution < -0.4 is 14.8 Å². The molecule has 162 valence electrons. The molecule has 1 aliphatic heterocycles. The third-order valence-corrected chi connectivity index (χ3v) is 5.57. The largest absolute Gasteiger partial charge is 0.493 e. The molecule has 0 atom stereocenters. The number of carbonyl (C=O) groups is 2. The van der Waals surface area contributed by atoms with Gasteiger partial charge in [-0.2, -0.15) is 0 Å². The van der Waals surface area contributed by atoms with Crippen molar-refractivity contribution < 1.29 is 23.5 Å². The van der Waals surface area contributed by atoms with Crippen molar-refractivity contribution in [3.63, 3.8) is 0 Å². The Morgan fingerprint density at radius 1 is 0.935 bits per heavy atom. The van der Waals surface area contributed by atoms with Crippen molar-refractivity contribution in [3.05, 3.63) is 53.8 Å². The van der Waals surface area contributed by atoms with Crippen LogP contribution >= 0.6 is 0 Å². The molecule has 0 unspecified atom stereocenters. The minimum absolute atomic E-state index is 0.164. The molecule has 31 heavy (non-hydrogen) atoms. The number of ether oxygens (including phenoxy) is 2. The number of amides is 2. The molecule has 0 spiro atoms. The monoisotopic (exact) mass is 422 g/mol. The fourth-order valence-electron chi connectivity index (χ4n) is 3.90. The maximum absolute atomic E-state index is 13.3. The van der Waals surface area contributed by atoms with Crippen molar-refractivity contribution >= 4 is 28.5 Å². The molecule has 0 radical (unpaired) electrons. The summed E-state index contributed by atoms with van der Waals surface area (Å²) >= 11 is 0. The SMILES string of the molecule is COc1ccc(C(=O)Nc2c(C(=O)N3CCCCCC3)oc3ccccc23)cc1OC. The average molecular weight is 422 g/mol. The van der Waals surface area contributed by atoms with Crippen LogP contribution in [-0.2, 0) is 0 Å². The highest BCUT2D eigenvalue weighted by Gasteiger charge is 2.27. The van der Waals surface area contributed by atoms with Gasteiger partial charge in [0.25, 0.3) is 11.8 Å². The van der Waals surface area contributed by atoms with Crippen LogP contribution in [-0.4, -0.2) is 44.0 Å². The number of nitrogens with zero attached hydrogens (tertiary/aromatic N) is 1. The second kappa shape index (κ2) is 9.12. The quantitative estimate of drug-likeness (QED) is 0.644. The van der Waals surface area contributed by atoms with E-state index in [0.29, 0.717) is 46.8 Å². The molecular formula is C24H26N2O5. The lowest BCUT2D eigenvalue weighted by Crippen LogP contribution is -2.32. The van der Waals surface area contributed by atoms with Gasteiger partial charge >= 0.3 is 0 Å². The smallest absolute Gasteiger partial charge is 0.291 e. The van der Waals surface area contributed by atoms with Crippen LogP contribution in [0.15, 0.2) is 46.9 Å². The minimum atomic E-state index is -0.363. The first-order chi connectivity index (χ1) is 15.1. The van der Waals surface area contributed by atoms with E-state index in [9.17, 15) is 9.59 Å². The number of fused-ring (bicyclic) bond motifs is 1. The number of methoxy groups -OCH3 is 2.